The largest absolute Gasteiger partial charge is 0.458 e. The second kappa shape index (κ2) is 7.74. The molecule has 1 aromatic carbocycles. The lowest BCUT2D eigenvalue weighted by Gasteiger charge is -2.07. The lowest BCUT2D eigenvalue weighted by molar-refractivity contribution is -0.161. The van der Waals surface area contributed by atoms with Crippen LogP contribution in [0.1, 0.15) is 32.2 Å². The summed E-state index contributed by atoms with van der Waals surface area (Å²) in [5, 5.41) is 7.30. The number of fused-ring (bicyclic) bond motifs is 2. The van der Waals surface area contributed by atoms with Gasteiger partial charge in [-0.1, -0.05) is 12.1 Å². The molecule has 0 spiro atoms. The summed E-state index contributed by atoms with van der Waals surface area (Å²) in [4.78, 5) is 28.7. The molecule has 0 atom stereocenters. The average Bonchev–Trinajstić information content (AvgIpc) is 3.34. The lowest BCUT2D eigenvalue weighted by atomic mass is 10.1. The van der Waals surface area contributed by atoms with E-state index < -0.39 is 24.7 Å². The number of nitrogens with zero attached hydrogens (tertiary/aromatic N) is 3. The zero-order valence-electron chi connectivity index (χ0n) is 16.1. The van der Waals surface area contributed by atoms with Gasteiger partial charge in [0.05, 0.1) is 12.7 Å². The normalized spacial score (nSPS) is 11.7. The maximum absolute atomic E-state index is 12.5. The molecule has 0 saturated heterocycles. The highest BCUT2D eigenvalue weighted by molar-refractivity contribution is 6.02. The van der Waals surface area contributed by atoms with Gasteiger partial charge in [-0.05, 0) is 25.1 Å². The molecule has 0 bridgehead atoms. The predicted molar refractivity (Wildman–Crippen MR) is 101 cm³/mol. The van der Waals surface area contributed by atoms with Gasteiger partial charge in [0.25, 0.3) is 5.91 Å². The van der Waals surface area contributed by atoms with E-state index in [1.807, 2.05) is 6.92 Å². The fourth-order valence-corrected chi connectivity index (χ4v) is 3.02. The molecule has 0 aliphatic heterocycles. The number of amides is 1. The third-order valence-electron chi connectivity index (χ3n) is 4.44. The molecule has 4 aromatic rings. The van der Waals surface area contributed by atoms with Crippen LogP contribution in [-0.2, 0) is 11.3 Å². The zero-order valence-corrected chi connectivity index (χ0v) is 16.1. The molecule has 0 fully saturated rings. The van der Waals surface area contributed by atoms with Crippen LogP contribution in [0.5, 0.6) is 0 Å². The third-order valence-corrected chi connectivity index (χ3v) is 4.44. The minimum absolute atomic E-state index is 0.0201. The Morgan fingerprint density at radius 2 is 2.03 bits per heavy atom. The maximum atomic E-state index is 12.5. The molecule has 0 unspecified atom stereocenters. The number of furan rings is 1. The summed E-state index contributed by atoms with van der Waals surface area (Å²) in [6.45, 7) is 0.113. The Hall–Kier alpha value is -3.89. The minimum Gasteiger partial charge on any atom is -0.458 e. The van der Waals surface area contributed by atoms with E-state index in [0.29, 0.717) is 16.8 Å². The molecular formula is C20H15F3N4O4. The first-order chi connectivity index (χ1) is 14.7. The van der Waals surface area contributed by atoms with Gasteiger partial charge in [0, 0.05) is 17.3 Å². The van der Waals surface area contributed by atoms with E-state index in [1.54, 1.807) is 24.4 Å². The molecule has 8 nitrogen and oxygen atoms in total. The van der Waals surface area contributed by atoms with Gasteiger partial charge in [-0.15, -0.1) is 0 Å². The Labute approximate surface area is 172 Å². The Balaban J connectivity index is 1.51. The molecule has 4 rings (SSSR count). The number of alkyl halides is 3. The molecule has 3 aromatic heterocycles. The Morgan fingerprint density at radius 1 is 1.23 bits per heavy atom. The second-order valence-corrected chi connectivity index (χ2v) is 6.69. The molecule has 3 heterocycles. The van der Waals surface area contributed by atoms with Crippen molar-refractivity contribution in [3.05, 3.63) is 65.3 Å². The molecule has 0 aliphatic carbocycles. The number of aromatic nitrogens is 3. The number of para-hydroxylation sites is 1. The van der Waals surface area contributed by atoms with Crippen molar-refractivity contribution < 1.29 is 31.9 Å². The molecule has 0 aliphatic rings. The number of carbonyl (C=O) groups excluding carboxylic acids is 2. The van der Waals surface area contributed by atoms with Crippen LogP contribution < -0.4 is 5.32 Å². The molecule has 1 N–H and O–H groups in total. The van der Waals surface area contributed by atoms with E-state index in [9.17, 15) is 22.8 Å². The number of rotatable bonds is 5. The predicted octanol–water partition coefficient (Wildman–Crippen LogP) is 3.43. The molecule has 11 heteroatoms. The van der Waals surface area contributed by atoms with Crippen molar-refractivity contribution in [1.29, 1.82) is 0 Å². The standard InChI is InChI=1S/C20H15F3N4O4/c1-11-5-6-24-17-15(9-26-27(11)17)18(28)25-8-13-7-12-3-2-4-14(16(12)31-13)19(29)30-10-20(21,22)23/h2-7,9H,8,10H2,1H3,(H,25,28). The smallest absolute Gasteiger partial charge is 0.422 e. The number of esters is 1. The van der Waals surface area contributed by atoms with E-state index in [4.69, 9.17) is 4.42 Å². The quantitative estimate of drug-likeness (QED) is 0.485. The van der Waals surface area contributed by atoms with Gasteiger partial charge in [-0.25, -0.2) is 14.3 Å². The Kier molecular flexibility index (Phi) is 5.09. The molecule has 160 valence electrons. The lowest BCUT2D eigenvalue weighted by Crippen LogP contribution is -2.22. The van der Waals surface area contributed by atoms with Gasteiger partial charge in [-0.3, -0.25) is 4.79 Å². The first-order valence-corrected chi connectivity index (χ1v) is 9.06. The average molecular weight is 432 g/mol. The second-order valence-electron chi connectivity index (χ2n) is 6.69. The van der Waals surface area contributed by atoms with Gasteiger partial charge < -0.3 is 14.5 Å². The number of hydrogen-bond donors (Lipinski definition) is 1. The maximum Gasteiger partial charge on any atom is 0.422 e. The van der Waals surface area contributed by atoms with Gasteiger partial charge in [0.1, 0.15) is 22.5 Å². The van der Waals surface area contributed by atoms with E-state index in [1.165, 1.54) is 22.8 Å². The monoisotopic (exact) mass is 432 g/mol. The topological polar surface area (TPSA) is 98.7 Å². The van der Waals surface area contributed by atoms with E-state index >= 15 is 0 Å². The van der Waals surface area contributed by atoms with Crippen LogP contribution in [0.2, 0.25) is 0 Å². The number of ether oxygens (including phenoxy) is 1. The summed E-state index contributed by atoms with van der Waals surface area (Å²) in [5.74, 6) is -1.28. The fraction of sp³-hybridized carbons (Fsp3) is 0.200. The van der Waals surface area contributed by atoms with Crippen molar-refractivity contribution in [2.45, 2.75) is 19.6 Å². The SMILES string of the molecule is Cc1ccnc2c(C(=O)NCc3cc4cccc(C(=O)OCC(F)(F)F)c4o3)cnn12. The van der Waals surface area contributed by atoms with Crippen molar-refractivity contribution in [2.24, 2.45) is 0 Å². The number of hydrogen-bond acceptors (Lipinski definition) is 6. The summed E-state index contributed by atoms with van der Waals surface area (Å²) in [6, 6.07) is 7.77. The fourth-order valence-electron chi connectivity index (χ4n) is 3.02. The highest BCUT2D eigenvalue weighted by atomic mass is 19.4. The first kappa shape index (κ1) is 20.4. The third kappa shape index (κ3) is 4.20. The summed E-state index contributed by atoms with van der Waals surface area (Å²) in [7, 11) is 0. The van der Waals surface area contributed by atoms with Crippen molar-refractivity contribution in [1.82, 2.24) is 19.9 Å². The van der Waals surface area contributed by atoms with Crippen molar-refractivity contribution in [3.63, 3.8) is 0 Å². The Morgan fingerprint density at radius 3 is 2.81 bits per heavy atom. The molecule has 31 heavy (non-hydrogen) atoms. The summed E-state index contributed by atoms with van der Waals surface area (Å²) >= 11 is 0. The van der Waals surface area contributed by atoms with Crippen molar-refractivity contribution in [2.75, 3.05) is 6.61 Å². The zero-order chi connectivity index (χ0) is 22.2. The summed E-state index contributed by atoms with van der Waals surface area (Å²) < 4.78 is 48.4. The van der Waals surface area contributed by atoms with E-state index in [0.717, 1.165) is 5.69 Å². The number of nitrogens with one attached hydrogen (secondary N) is 1. The van der Waals surface area contributed by atoms with Crippen molar-refractivity contribution in [3.8, 4) is 0 Å². The van der Waals surface area contributed by atoms with Crippen LogP contribution in [0, 0.1) is 6.92 Å². The number of aryl methyl sites for hydroxylation is 1. The molecule has 0 saturated carbocycles. The van der Waals surface area contributed by atoms with Crippen LogP contribution in [0.25, 0.3) is 16.6 Å². The van der Waals surface area contributed by atoms with Crippen LogP contribution in [-0.4, -0.2) is 39.3 Å². The highest BCUT2D eigenvalue weighted by Gasteiger charge is 2.30. The van der Waals surface area contributed by atoms with Crippen LogP contribution in [0.15, 0.2) is 47.1 Å². The summed E-state index contributed by atoms with van der Waals surface area (Å²) in [6.07, 6.45) is -1.66. The van der Waals surface area contributed by atoms with E-state index in [-0.39, 0.29) is 23.3 Å². The molecule has 1 amide bonds. The molecular weight excluding hydrogens is 417 g/mol. The van der Waals surface area contributed by atoms with Gasteiger partial charge in [-0.2, -0.15) is 18.3 Å². The van der Waals surface area contributed by atoms with Crippen LogP contribution in [0.4, 0.5) is 13.2 Å². The van der Waals surface area contributed by atoms with Gasteiger partial charge in [0.15, 0.2) is 12.3 Å². The van der Waals surface area contributed by atoms with Crippen LogP contribution >= 0.6 is 0 Å². The Bertz CT molecular complexity index is 1290. The van der Waals surface area contributed by atoms with Gasteiger partial charge >= 0.3 is 12.1 Å². The van der Waals surface area contributed by atoms with E-state index in [2.05, 4.69) is 20.1 Å². The van der Waals surface area contributed by atoms with Gasteiger partial charge in [0.2, 0.25) is 0 Å². The number of carbonyl (C=O) groups is 2. The molecule has 0 radical (unpaired) electrons. The van der Waals surface area contributed by atoms with Crippen LogP contribution in [0.3, 0.4) is 0 Å². The number of halogens is 3. The minimum atomic E-state index is -4.63. The van der Waals surface area contributed by atoms with Crippen molar-refractivity contribution >= 4 is 28.5 Å². The first-order valence-electron chi connectivity index (χ1n) is 9.06. The summed E-state index contributed by atoms with van der Waals surface area (Å²) in [5.41, 5.74) is 1.42. The number of benzene rings is 1. The highest BCUT2D eigenvalue weighted by Crippen LogP contribution is 2.25.